The molecule has 0 aliphatic heterocycles. The van der Waals surface area contributed by atoms with Gasteiger partial charge in [-0.3, -0.25) is 4.68 Å². The van der Waals surface area contributed by atoms with Crippen molar-refractivity contribution < 1.29 is 18.3 Å². The summed E-state index contributed by atoms with van der Waals surface area (Å²) in [5.41, 5.74) is 2.28. The predicted molar refractivity (Wildman–Crippen MR) is 78.1 cm³/mol. The normalized spacial score (nSPS) is 20.2. The number of hydrogen-bond acceptors (Lipinski definition) is 5. The van der Waals surface area contributed by atoms with E-state index in [1.54, 1.807) is 5.48 Å². The van der Waals surface area contributed by atoms with Crippen LogP contribution in [0.15, 0.2) is 36.5 Å². The third kappa shape index (κ3) is 3.16. The van der Waals surface area contributed by atoms with E-state index in [1.165, 1.54) is 41.2 Å². The third-order valence-corrected chi connectivity index (χ3v) is 3.85. The van der Waals surface area contributed by atoms with Crippen LogP contribution < -0.4 is 5.48 Å². The van der Waals surface area contributed by atoms with Crippen LogP contribution in [0.4, 0.5) is 14.5 Å². The smallest absolute Gasteiger partial charge is 0.338 e. The van der Waals surface area contributed by atoms with Crippen molar-refractivity contribution in [1.29, 1.82) is 0 Å². The highest BCUT2D eigenvalue weighted by molar-refractivity contribution is 5.90. The van der Waals surface area contributed by atoms with Crippen molar-refractivity contribution >= 4 is 11.7 Å². The van der Waals surface area contributed by atoms with E-state index in [0.29, 0.717) is 24.1 Å². The first-order chi connectivity index (χ1) is 11.1. The number of benzene rings is 1. The Morgan fingerprint density at radius 1 is 1.30 bits per heavy atom. The molecule has 1 aliphatic rings. The van der Waals surface area contributed by atoms with Crippen LogP contribution in [0, 0.1) is 5.21 Å². The number of alkyl halides is 2. The zero-order valence-corrected chi connectivity index (χ0v) is 12.0. The van der Waals surface area contributed by atoms with Gasteiger partial charge in [0, 0.05) is 24.7 Å². The topological polar surface area (TPSA) is 79.2 Å². The number of anilines is 1. The monoisotopic (exact) mass is 322 g/mol. The van der Waals surface area contributed by atoms with Gasteiger partial charge in [0.05, 0.1) is 11.6 Å². The van der Waals surface area contributed by atoms with Gasteiger partial charge in [-0.2, -0.15) is 5.10 Å². The van der Waals surface area contributed by atoms with Crippen molar-refractivity contribution in [3.8, 4) is 0 Å². The molecule has 1 aromatic carbocycles. The van der Waals surface area contributed by atoms with Crippen LogP contribution in [0.5, 0.6) is 0 Å². The van der Waals surface area contributed by atoms with Gasteiger partial charge in [-0.25, -0.2) is 13.6 Å². The van der Waals surface area contributed by atoms with E-state index in [9.17, 15) is 18.8 Å². The molecule has 1 aliphatic carbocycles. The number of carbonyl (C=O) groups excluding carboxylic acids is 1. The molecule has 0 saturated heterocycles. The Morgan fingerprint density at radius 3 is 2.61 bits per heavy atom. The van der Waals surface area contributed by atoms with Crippen LogP contribution in [-0.4, -0.2) is 21.9 Å². The fraction of sp³-hybridized carbons (Fsp3) is 0.333. The van der Waals surface area contributed by atoms with Crippen molar-refractivity contribution in [3.63, 3.8) is 0 Å². The lowest BCUT2D eigenvalue weighted by Crippen LogP contribution is -2.36. The van der Waals surface area contributed by atoms with Gasteiger partial charge < -0.3 is 15.4 Å². The third-order valence-electron chi connectivity index (χ3n) is 3.85. The molecular weight excluding hydrogens is 308 g/mol. The lowest BCUT2D eigenvalue weighted by atomic mass is 9.89. The van der Waals surface area contributed by atoms with Crippen molar-refractivity contribution in [2.75, 3.05) is 5.48 Å². The van der Waals surface area contributed by atoms with Crippen LogP contribution in [-0.2, 0) is 4.74 Å². The van der Waals surface area contributed by atoms with E-state index in [0.717, 1.165) is 0 Å². The first-order valence-electron chi connectivity index (χ1n) is 7.09. The number of nitrogens with one attached hydrogen (secondary N) is 1. The van der Waals surface area contributed by atoms with Gasteiger partial charge in [-0.05, 0) is 30.3 Å². The molecule has 1 N–H and O–H groups in total. The summed E-state index contributed by atoms with van der Waals surface area (Å²) in [5, 5.41) is 14.4. The molecule has 1 aromatic heterocycles. The Kier molecular flexibility index (Phi) is 4.24. The molecule has 1 heterocycles. The van der Waals surface area contributed by atoms with Crippen molar-refractivity contribution in [3.05, 3.63) is 53.0 Å². The summed E-state index contributed by atoms with van der Waals surface area (Å²) < 4.78 is 32.2. The Morgan fingerprint density at radius 2 is 2.00 bits per heavy atom. The molecule has 6 nitrogen and oxygen atoms in total. The van der Waals surface area contributed by atoms with Crippen molar-refractivity contribution in [1.82, 2.24) is 9.78 Å². The minimum Gasteiger partial charge on any atom is -0.761 e. The summed E-state index contributed by atoms with van der Waals surface area (Å²) in [4.78, 5) is 12.0. The molecule has 0 bridgehead atoms. The standard InChI is InChI=1S/C15H14F2N3O3/c16-14(17)13-5-6-18-20(13)11-7-12(8-11)23-15(21)9-1-3-10(19-22)4-2-9/h1-6,11-12,14,19H,7-8H2/q-1. The summed E-state index contributed by atoms with van der Waals surface area (Å²) in [5.74, 6) is -0.500. The summed E-state index contributed by atoms with van der Waals surface area (Å²) in [6.45, 7) is 0. The average molecular weight is 322 g/mol. The minimum atomic E-state index is -2.58. The summed E-state index contributed by atoms with van der Waals surface area (Å²) in [6, 6.07) is 7.04. The Balaban J connectivity index is 1.55. The van der Waals surface area contributed by atoms with E-state index < -0.39 is 12.4 Å². The van der Waals surface area contributed by atoms with E-state index in [1.807, 2.05) is 0 Å². The number of aromatic nitrogens is 2. The molecule has 122 valence electrons. The van der Waals surface area contributed by atoms with Crippen LogP contribution in [0.25, 0.3) is 0 Å². The van der Waals surface area contributed by atoms with Crippen molar-refractivity contribution in [2.45, 2.75) is 31.4 Å². The molecule has 1 fully saturated rings. The largest absolute Gasteiger partial charge is 0.761 e. The van der Waals surface area contributed by atoms with Gasteiger partial charge in [-0.1, -0.05) is 0 Å². The van der Waals surface area contributed by atoms with E-state index in [2.05, 4.69) is 5.10 Å². The van der Waals surface area contributed by atoms with Crippen molar-refractivity contribution in [2.24, 2.45) is 0 Å². The number of ether oxygens (including phenoxy) is 1. The van der Waals surface area contributed by atoms with Crippen LogP contribution >= 0.6 is 0 Å². The van der Waals surface area contributed by atoms with Gasteiger partial charge in [0.2, 0.25) is 0 Å². The number of nitrogens with zero attached hydrogens (tertiary/aromatic N) is 2. The number of halogens is 2. The van der Waals surface area contributed by atoms with E-state index >= 15 is 0 Å². The maximum Gasteiger partial charge on any atom is 0.338 e. The lowest BCUT2D eigenvalue weighted by Gasteiger charge is -2.35. The van der Waals surface area contributed by atoms with Crippen LogP contribution in [0.3, 0.4) is 0 Å². The Labute approximate surface area is 130 Å². The molecule has 0 amide bonds. The second-order valence-electron chi connectivity index (χ2n) is 5.33. The number of esters is 1. The number of hydrogen-bond donors (Lipinski definition) is 1. The molecule has 0 unspecified atom stereocenters. The quantitative estimate of drug-likeness (QED) is 0.675. The zero-order chi connectivity index (χ0) is 16.4. The van der Waals surface area contributed by atoms with Crippen LogP contribution in [0.2, 0.25) is 0 Å². The molecule has 3 rings (SSSR count). The highest BCUT2D eigenvalue weighted by Gasteiger charge is 2.36. The number of rotatable bonds is 5. The molecule has 0 spiro atoms. The van der Waals surface area contributed by atoms with E-state index in [4.69, 9.17) is 4.74 Å². The summed E-state index contributed by atoms with van der Waals surface area (Å²) >= 11 is 0. The molecule has 0 atom stereocenters. The lowest BCUT2D eigenvalue weighted by molar-refractivity contribution is -0.0124. The molecular formula is C15H14F2N3O3-. The maximum absolute atomic E-state index is 12.8. The first-order valence-corrected chi connectivity index (χ1v) is 7.09. The van der Waals surface area contributed by atoms with Gasteiger partial charge in [0.15, 0.2) is 0 Å². The highest BCUT2D eigenvalue weighted by Crippen LogP contribution is 2.37. The average Bonchev–Trinajstić information content (AvgIpc) is 2.99. The molecule has 8 heteroatoms. The second-order valence-corrected chi connectivity index (χ2v) is 5.33. The molecule has 1 saturated carbocycles. The highest BCUT2D eigenvalue weighted by atomic mass is 19.3. The number of carbonyl (C=O) groups is 1. The van der Waals surface area contributed by atoms with E-state index in [-0.39, 0.29) is 17.8 Å². The second kappa shape index (κ2) is 6.33. The molecule has 2 aromatic rings. The van der Waals surface area contributed by atoms with Gasteiger partial charge in [0.25, 0.3) is 6.43 Å². The van der Waals surface area contributed by atoms with Gasteiger partial charge in [0.1, 0.15) is 11.8 Å². The van der Waals surface area contributed by atoms with Gasteiger partial charge >= 0.3 is 5.97 Å². The first kappa shape index (κ1) is 15.4. The maximum atomic E-state index is 12.8. The predicted octanol–water partition coefficient (Wildman–Crippen LogP) is 3.29. The summed E-state index contributed by atoms with van der Waals surface area (Å²) in [7, 11) is 0. The fourth-order valence-electron chi connectivity index (χ4n) is 2.53. The Bertz CT molecular complexity index is 682. The minimum absolute atomic E-state index is 0.125. The zero-order valence-electron chi connectivity index (χ0n) is 12.0. The molecule has 0 radical (unpaired) electrons. The SMILES string of the molecule is O=C(OC1CC(n2nccc2C(F)F)C1)c1ccc(N[O-])cc1. The fourth-order valence-corrected chi connectivity index (χ4v) is 2.53. The molecule has 23 heavy (non-hydrogen) atoms. The summed E-state index contributed by atoms with van der Waals surface area (Å²) in [6.07, 6.45) is -0.653. The van der Waals surface area contributed by atoms with Crippen LogP contribution in [0.1, 0.15) is 41.4 Å². The Hall–Kier alpha value is -2.48. The van der Waals surface area contributed by atoms with Gasteiger partial charge in [-0.15, -0.1) is 0 Å².